The van der Waals surface area contributed by atoms with Crippen LogP contribution in [-0.2, 0) is 4.74 Å². The van der Waals surface area contributed by atoms with E-state index in [4.69, 9.17) is 4.74 Å². The van der Waals surface area contributed by atoms with Crippen LogP contribution in [0.1, 0.15) is 6.42 Å². The molecule has 8 heteroatoms. The van der Waals surface area contributed by atoms with Gasteiger partial charge in [-0.3, -0.25) is 4.90 Å². The number of halogens is 1. The Morgan fingerprint density at radius 1 is 1.25 bits per heavy atom. The maximum absolute atomic E-state index is 12.8. The van der Waals surface area contributed by atoms with Gasteiger partial charge in [0.15, 0.2) is 0 Å². The molecule has 2 aliphatic rings. The molecule has 1 aromatic carbocycles. The molecule has 7 nitrogen and oxygen atoms in total. The van der Waals surface area contributed by atoms with Crippen LogP contribution in [0.15, 0.2) is 24.3 Å². The molecule has 2 saturated heterocycles. The predicted octanol–water partition coefficient (Wildman–Crippen LogP) is 1.47. The van der Waals surface area contributed by atoms with Crippen LogP contribution in [0.2, 0.25) is 0 Å². The minimum Gasteiger partial charge on any atom is -0.448 e. The second kappa shape index (κ2) is 7.48. The van der Waals surface area contributed by atoms with Crippen LogP contribution in [-0.4, -0.2) is 67.3 Å². The molecule has 130 valence electrons. The summed E-state index contributed by atoms with van der Waals surface area (Å²) >= 11 is 0. The molecule has 0 bridgehead atoms. The molecule has 0 unspecified atom stereocenters. The van der Waals surface area contributed by atoms with Gasteiger partial charge in [0.1, 0.15) is 12.4 Å². The number of amides is 3. The second-order valence-corrected chi connectivity index (χ2v) is 5.99. The van der Waals surface area contributed by atoms with Gasteiger partial charge in [-0.25, -0.2) is 14.0 Å². The standard InChI is InChI=1S/C16H21FN4O3/c17-12-1-3-13(4-2-12)18-15(22)19-14-5-6-20(11-14)7-8-21-9-10-24-16(21)23/h1-4,14H,5-11H2,(H2,18,19,22)/t14-/m0/s1. The normalized spacial score (nSPS) is 21.0. The molecule has 0 aromatic heterocycles. The van der Waals surface area contributed by atoms with Crippen molar-refractivity contribution in [3.05, 3.63) is 30.1 Å². The van der Waals surface area contributed by atoms with Gasteiger partial charge < -0.3 is 20.3 Å². The number of cyclic esters (lactones) is 1. The van der Waals surface area contributed by atoms with Crippen molar-refractivity contribution in [1.29, 1.82) is 0 Å². The Kier molecular flexibility index (Phi) is 5.14. The van der Waals surface area contributed by atoms with E-state index in [1.54, 1.807) is 4.90 Å². The zero-order valence-corrected chi connectivity index (χ0v) is 13.3. The molecule has 24 heavy (non-hydrogen) atoms. The number of anilines is 1. The molecule has 0 aliphatic carbocycles. The molecule has 1 aromatic rings. The number of hydrogen-bond acceptors (Lipinski definition) is 4. The Bertz CT molecular complexity index is 595. The third-order valence-electron chi connectivity index (χ3n) is 4.24. The number of benzene rings is 1. The first kappa shape index (κ1) is 16.5. The molecule has 3 rings (SSSR count). The monoisotopic (exact) mass is 336 g/mol. The van der Waals surface area contributed by atoms with Gasteiger partial charge in [0.05, 0.1) is 6.54 Å². The third kappa shape index (κ3) is 4.35. The molecular formula is C16H21FN4O3. The fraction of sp³-hybridized carbons (Fsp3) is 0.500. The topological polar surface area (TPSA) is 73.9 Å². The smallest absolute Gasteiger partial charge is 0.409 e. The zero-order chi connectivity index (χ0) is 16.9. The van der Waals surface area contributed by atoms with Gasteiger partial charge in [-0.15, -0.1) is 0 Å². The van der Waals surface area contributed by atoms with Gasteiger partial charge >= 0.3 is 12.1 Å². The Labute approximate surface area is 139 Å². The number of nitrogens with zero attached hydrogens (tertiary/aromatic N) is 2. The van der Waals surface area contributed by atoms with E-state index in [1.807, 2.05) is 0 Å². The van der Waals surface area contributed by atoms with Crippen molar-refractivity contribution in [2.24, 2.45) is 0 Å². The minimum absolute atomic E-state index is 0.0657. The lowest BCUT2D eigenvalue weighted by Gasteiger charge is -2.20. The largest absolute Gasteiger partial charge is 0.448 e. The lowest BCUT2D eigenvalue weighted by atomic mass is 10.3. The van der Waals surface area contributed by atoms with Crippen LogP contribution in [0.5, 0.6) is 0 Å². The number of nitrogens with one attached hydrogen (secondary N) is 2. The summed E-state index contributed by atoms with van der Waals surface area (Å²) in [4.78, 5) is 27.3. The molecule has 2 N–H and O–H groups in total. The molecule has 0 radical (unpaired) electrons. The fourth-order valence-corrected chi connectivity index (χ4v) is 2.93. The first-order valence-electron chi connectivity index (χ1n) is 8.07. The summed E-state index contributed by atoms with van der Waals surface area (Å²) in [7, 11) is 0. The average Bonchev–Trinajstić information content (AvgIpc) is 3.16. The van der Waals surface area contributed by atoms with E-state index >= 15 is 0 Å². The quantitative estimate of drug-likeness (QED) is 0.854. The number of likely N-dealkylation sites (tertiary alicyclic amines) is 1. The zero-order valence-electron chi connectivity index (χ0n) is 13.3. The molecular weight excluding hydrogens is 315 g/mol. The molecule has 1 atom stereocenters. The van der Waals surface area contributed by atoms with Gasteiger partial charge in [0.25, 0.3) is 0 Å². The molecule has 0 saturated carbocycles. The van der Waals surface area contributed by atoms with E-state index in [1.165, 1.54) is 24.3 Å². The number of carbonyl (C=O) groups is 2. The van der Waals surface area contributed by atoms with Gasteiger partial charge in [-0.05, 0) is 30.7 Å². The molecule has 2 aliphatic heterocycles. The van der Waals surface area contributed by atoms with Crippen molar-refractivity contribution >= 4 is 17.8 Å². The number of urea groups is 1. The van der Waals surface area contributed by atoms with Crippen LogP contribution in [0, 0.1) is 5.82 Å². The van der Waals surface area contributed by atoms with E-state index in [0.717, 1.165) is 26.1 Å². The van der Waals surface area contributed by atoms with Gasteiger partial charge in [0, 0.05) is 37.9 Å². The molecule has 2 fully saturated rings. The minimum atomic E-state index is -0.339. The van der Waals surface area contributed by atoms with Gasteiger partial charge in [0.2, 0.25) is 0 Å². The summed E-state index contributed by atoms with van der Waals surface area (Å²) in [6.07, 6.45) is 0.615. The SMILES string of the molecule is O=C(Nc1ccc(F)cc1)N[C@H]1CCN(CCN2CCOC2=O)C1. The van der Waals surface area contributed by atoms with Crippen molar-refractivity contribution in [3.63, 3.8) is 0 Å². The number of hydrogen-bond donors (Lipinski definition) is 2. The van der Waals surface area contributed by atoms with Crippen molar-refractivity contribution in [2.75, 3.05) is 44.6 Å². The van der Waals surface area contributed by atoms with Crippen molar-refractivity contribution in [2.45, 2.75) is 12.5 Å². The van der Waals surface area contributed by atoms with Crippen molar-refractivity contribution in [3.8, 4) is 0 Å². The second-order valence-electron chi connectivity index (χ2n) is 5.99. The maximum Gasteiger partial charge on any atom is 0.409 e. The highest BCUT2D eigenvalue weighted by molar-refractivity contribution is 5.89. The van der Waals surface area contributed by atoms with E-state index in [-0.39, 0.29) is 24.0 Å². The summed E-state index contributed by atoms with van der Waals surface area (Å²) in [6, 6.07) is 5.41. The highest BCUT2D eigenvalue weighted by atomic mass is 19.1. The van der Waals surface area contributed by atoms with Crippen molar-refractivity contribution in [1.82, 2.24) is 15.1 Å². The van der Waals surface area contributed by atoms with Gasteiger partial charge in [-0.1, -0.05) is 0 Å². The third-order valence-corrected chi connectivity index (χ3v) is 4.24. The Balaban J connectivity index is 1.38. The summed E-state index contributed by atoms with van der Waals surface area (Å²) in [5.74, 6) is -0.339. The van der Waals surface area contributed by atoms with E-state index in [9.17, 15) is 14.0 Å². The van der Waals surface area contributed by atoms with Crippen LogP contribution >= 0.6 is 0 Å². The number of ether oxygens (including phenoxy) is 1. The molecule has 3 amide bonds. The first-order chi connectivity index (χ1) is 11.6. The lowest BCUT2D eigenvalue weighted by Crippen LogP contribution is -2.41. The Morgan fingerprint density at radius 2 is 2.04 bits per heavy atom. The fourth-order valence-electron chi connectivity index (χ4n) is 2.93. The average molecular weight is 336 g/mol. The first-order valence-corrected chi connectivity index (χ1v) is 8.07. The van der Waals surface area contributed by atoms with Crippen LogP contribution in [0.4, 0.5) is 19.7 Å². The predicted molar refractivity (Wildman–Crippen MR) is 86.3 cm³/mol. The van der Waals surface area contributed by atoms with Crippen LogP contribution < -0.4 is 10.6 Å². The highest BCUT2D eigenvalue weighted by Crippen LogP contribution is 2.12. The molecule has 0 spiro atoms. The Hall–Kier alpha value is -2.35. The van der Waals surface area contributed by atoms with E-state index in [2.05, 4.69) is 15.5 Å². The molecule has 2 heterocycles. The maximum atomic E-state index is 12.8. The van der Waals surface area contributed by atoms with E-state index in [0.29, 0.717) is 25.4 Å². The summed E-state index contributed by atoms with van der Waals surface area (Å²) in [5, 5.41) is 5.61. The van der Waals surface area contributed by atoms with E-state index < -0.39 is 0 Å². The summed E-state index contributed by atoms with van der Waals surface area (Å²) in [6.45, 7) is 4.16. The van der Waals surface area contributed by atoms with Crippen LogP contribution in [0.25, 0.3) is 0 Å². The van der Waals surface area contributed by atoms with Gasteiger partial charge in [-0.2, -0.15) is 0 Å². The van der Waals surface area contributed by atoms with Crippen LogP contribution in [0.3, 0.4) is 0 Å². The number of rotatable bonds is 5. The summed E-state index contributed by atoms with van der Waals surface area (Å²) in [5.41, 5.74) is 0.552. The summed E-state index contributed by atoms with van der Waals surface area (Å²) < 4.78 is 17.7. The number of carbonyl (C=O) groups excluding carboxylic acids is 2. The lowest BCUT2D eigenvalue weighted by molar-refractivity contribution is 0.155. The highest BCUT2D eigenvalue weighted by Gasteiger charge is 2.26. The van der Waals surface area contributed by atoms with Crippen molar-refractivity contribution < 1.29 is 18.7 Å². The Morgan fingerprint density at radius 3 is 2.75 bits per heavy atom.